The summed E-state index contributed by atoms with van der Waals surface area (Å²) in [6.07, 6.45) is 8.36. The molecule has 2 aromatic rings. The van der Waals surface area contributed by atoms with Crippen molar-refractivity contribution in [2.75, 3.05) is 13.2 Å². The molecule has 4 heteroatoms. The lowest BCUT2D eigenvalue weighted by atomic mass is 9.93. The first-order chi connectivity index (χ1) is 11.8. The zero-order chi connectivity index (χ0) is 16.4. The van der Waals surface area contributed by atoms with Crippen LogP contribution in [0.25, 0.3) is 11.3 Å². The van der Waals surface area contributed by atoms with Crippen LogP contribution in [-0.4, -0.2) is 34.2 Å². The number of benzene rings is 1. The summed E-state index contributed by atoms with van der Waals surface area (Å²) in [5.41, 5.74) is 2.89. The van der Waals surface area contributed by atoms with Gasteiger partial charge >= 0.3 is 0 Å². The zero-order valence-electron chi connectivity index (χ0n) is 13.9. The van der Waals surface area contributed by atoms with Crippen LogP contribution in [0.2, 0.25) is 0 Å². The largest absolute Gasteiger partial charge is 0.504 e. The molecule has 0 bridgehead atoms. The molecule has 0 amide bonds. The van der Waals surface area contributed by atoms with Gasteiger partial charge < -0.3 is 9.84 Å². The van der Waals surface area contributed by atoms with Gasteiger partial charge in [-0.05, 0) is 37.1 Å². The van der Waals surface area contributed by atoms with Crippen molar-refractivity contribution in [1.29, 1.82) is 0 Å². The van der Waals surface area contributed by atoms with Gasteiger partial charge in [0.2, 0.25) is 0 Å². The van der Waals surface area contributed by atoms with Crippen molar-refractivity contribution in [3.63, 3.8) is 0 Å². The normalized spacial score (nSPS) is 19.3. The minimum absolute atomic E-state index is 0.221. The van der Waals surface area contributed by atoms with Gasteiger partial charge in [-0.25, -0.2) is 0 Å². The highest BCUT2D eigenvalue weighted by molar-refractivity contribution is 5.66. The van der Waals surface area contributed by atoms with Gasteiger partial charge in [0.1, 0.15) is 6.61 Å². The fraction of sp³-hybridized carbons (Fsp3) is 0.450. The standard InChI is InChI=1S/C20H24N2O2/c23-19-13-15(18-8-4-5-9-21-18)12-16-14-22(10-11-24-20(16)19)17-6-2-1-3-7-17/h4-5,8-9,12-13,17,23H,1-3,6-7,10-11,14H2. The Morgan fingerprint density at radius 2 is 2.00 bits per heavy atom. The van der Waals surface area contributed by atoms with E-state index in [9.17, 15) is 5.11 Å². The predicted molar refractivity (Wildman–Crippen MR) is 94.1 cm³/mol. The molecule has 1 saturated carbocycles. The minimum atomic E-state index is 0.221. The molecule has 1 aromatic carbocycles. The number of hydrogen-bond acceptors (Lipinski definition) is 4. The highest BCUT2D eigenvalue weighted by Crippen LogP contribution is 2.38. The minimum Gasteiger partial charge on any atom is -0.504 e. The number of fused-ring (bicyclic) bond motifs is 1. The van der Waals surface area contributed by atoms with E-state index in [4.69, 9.17) is 4.74 Å². The van der Waals surface area contributed by atoms with Gasteiger partial charge in [-0.15, -0.1) is 0 Å². The van der Waals surface area contributed by atoms with Gasteiger partial charge in [-0.2, -0.15) is 0 Å². The Balaban J connectivity index is 1.66. The topological polar surface area (TPSA) is 45.6 Å². The number of aromatic hydroxyl groups is 1. The summed E-state index contributed by atoms with van der Waals surface area (Å²) in [4.78, 5) is 6.94. The number of pyridine rings is 1. The van der Waals surface area contributed by atoms with E-state index in [1.165, 1.54) is 32.1 Å². The summed E-state index contributed by atoms with van der Waals surface area (Å²) in [6.45, 7) is 2.41. The van der Waals surface area contributed by atoms with Crippen molar-refractivity contribution in [3.05, 3.63) is 42.1 Å². The van der Waals surface area contributed by atoms with E-state index in [-0.39, 0.29) is 5.75 Å². The Morgan fingerprint density at radius 3 is 2.79 bits per heavy atom. The van der Waals surface area contributed by atoms with E-state index in [2.05, 4.69) is 16.0 Å². The number of aromatic nitrogens is 1. The van der Waals surface area contributed by atoms with Gasteiger partial charge in [0, 0.05) is 36.5 Å². The maximum atomic E-state index is 10.4. The molecule has 1 aliphatic heterocycles. The molecule has 1 N–H and O–H groups in total. The van der Waals surface area contributed by atoms with Gasteiger partial charge in [0.05, 0.1) is 5.69 Å². The van der Waals surface area contributed by atoms with Gasteiger partial charge in [-0.1, -0.05) is 25.3 Å². The van der Waals surface area contributed by atoms with Crippen LogP contribution >= 0.6 is 0 Å². The first-order valence-corrected chi connectivity index (χ1v) is 8.95. The monoisotopic (exact) mass is 324 g/mol. The molecule has 24 heavy (non-hydrogen) atoms. The number of hydrogen-bond donors (Lipinski definition) is 1. The zero-order valence-corrected chi connectivity index (χ0v) is 13.9. The van der Waals surface area contributed by atoms with Gasteiger partial charge in [0.25, 0.3) is 0 Å². The molecular formula is C20H24N2O2. The smallest absolute Gasteiger partial charge is 0.165 e. The maximum absolute atomic E-state index is 10.4. The average Bonchev–Trinajstić information content (AvgIpc) is 2.86. The Hall–Kier alpha value is -2.07. The summed E-state index contributed by atoms with van der Waals surface area (Å²) >= 11 is 0. The number of ether oxygens (including phenoxy) is 1. The summed E-state index contributed by atoms with van der Waals surface area (Å²) in [5.74, 6) is 0.867. The highest BCUT2D eigenvalue weighted by atomic mass is 16.5. The molecule has 0 saturated heterocycles. The number of nitrogens with zero attached hydrogens (tertiary/aromatic N) is 2. The Labute approximate surface area is 143 Å². The van der Waals surface area contributed by atoms with Crippen molar-refractivity contribution in [2.45, 2.75) is 44.7 Å². The first kappa shape index (κ1) is 15.5. The molecule has 2 heterocycles. The summed E-state index contributed by atoms with van der Waals surface area (Å²) in [7, 11) is 0. The number of phenolic OH excluding ortho intramolecular Hbond substituents is 1. The van der Waals surface area contributed by atoms with Crippen molar-refractivity contribution >= 4 is 0 Å². The number of rotatable bonds is 2. The average molecular weight is 324 g/mol. The molecule has 4 nitrogen and oxygen atoms in total. The third-order valence-electron chi connectivity index (χ3n) is 5.20. The molecule has 4 rings (SSSR count). The van der Waals surface area contributed by atoms with Crippen LogP contribution in [0.4, 0.5) is 0 Å². The second kappa shape index (κ2) is 6.81. The molecular weight excluding hydrogens is 300 g/mol. The molecule has 1 fully saturated rings. The lowest BCUT2D eigenvalue weighted by Crippen LogP contribution is -2.37. The number of phenols is 1. The summed E-state index contributed by atoms with van der Waals surface area (Å²) in [5, 5.41) is 10.4. The third-order valence-corrected chi connectivity index (χ3v) is 5.20. The first-order valence-electron chi connectivity index (χ1n) is 8.95. The molecule has 0 spiro atoms. The van der Waals surface area contributed by atoms with E-state index in [1.54, 1.807) is 12.3 Å². The lowest BCUT2D eigenvalue weighted by molar-refractivity contribution is 0.136. The van der Waals surface area contributed by atoms with Gasteiger partial charge in [0.15, 0.2) is 11.5 Å². The highest BCUT2D eigenvalue weighted by Gasteiger charge is 2.26. The molecule has 126 valence electrons. The third kappa shape index (κ3) is 3.11. The van der Waals surface area contributed by atoms with E-state index < -0.39 is 0 Å². The van der Waals surface area contributed by atoms with Gasteiger partial charge in [-0.3, -0.25) is 9.88 Å². The van der Waals surface area contributed by atoms with E-state index in [0.29, 0.717) is 18.4 Å². The second-order valence-corrected chi connectivity index (χ2v) is 6.81. The lowest BCUT2D eigenvalue weighted by Gasteiger charge is -2.33. The maximum Gasteiger partial charge on any atom is 0.165 e. The quantitative estimate of drug-likeness (QED) is 0.907. The SMILES string of the molecule is Oc1cc(-c2ccccn2)cc2c1OCCN(C1CCCCC1)C2. The van der Waals surface area contributed by atoms with Crippen LogP contribution in [0.1, 0.15) is 37.7 Å². The summed E-state index contributed by atoms with van der Waals surface area (Å²) < 4.78 is 5.88. The Morgan fingerprint density at radius 1 is 1.12 bits per heavy atom. The van der Waals surface area contributed by atoms with Crippen LogP contribution in [0.5, 0.6) is 11.5 Å². The molecule has 0 radical (unpaired) electrons. The Bertz CT molecular complexity index is 696. The molecule has 1 aromatic heterocycles. The van der Waals surface area contributed by atoms with Crippen LogP contribution in [0.3, 0.4) is 0 Å². The van der Waals surface area contributed by atoms with Crippen molar-refractivity contribution < 1.29 is 9.84 Å². The fourth-order valence-corrected chi connectivity index (χ4v) is 3.96. The van der Waals surface area contributed by atoms with Crippen LogP contribution in [0.15, 0.2) is 36.5 Å². The van der Waals surface area contributed by atoms with Crippen molar-refractivity contribution in [2.24, 2.45) is 0 Å². The molecule has 0 unspecified atom stereocenters. The van der Waals surface area contributed by atoms with E-state index in [0.717, 1.165) is 29.9 Å². The van der Waals surface area contributed by atoms with Crippen LogP contribution < -0.4 is 4.74 Å². The van der Waals surface area contributed by atoms with Crippen molar-refractivity contribution in [1.82, 2.24) is 9.88 Å². The molecule has 2 aliphatic rings. The van der Waals surface area contributed by atoms with Crippen molar-refractivity contribution in [3.8, 4) is 22.8 Å². The van der Waals surface area contributed by atoms with Crippen LogP contribution in [-0.2, 0) is 6.54 Å². The van der Waals surface area contributed by atoms with E-state index >= 15 is 0 Å². The molecule has 1 aliphatic carbocycles. The predicted octanol–water partition coefficient (Wildman–Crippen LogP) is 3.98. The van der Waals surface area contributed by atoms with E-state index in [1.807, 2.05) is 18.2 Å². The molecule has 0 atom stereocenters. The Kier molecular flexibility index (Phi) is 4.39. The van der Waals surface area contributed by atoms with Crippen LogP contribution in [0, 0.1) is 0 Å². The fourth-order valence-electron chi connectivity index (χ4n) is 3.96. The second-order valence-electron chi connectivity index (χ2n) is 6.81. The summed E-state index contributed by atoms with van der Waals surface area (Å²) in [6, 6.07) is 10.4.